The van der Waals surface area contributed by atoms with Crippen molar-refractivity contribution in [1.29, 1.82) is 0 Å². The Hall–Kier alpha value is -0.290. The number of carbonyl (C=O) groups is 1. The van der Waals surface area contributed by atoms with E-state index in [0.29, 0.717) is 9.21 Å². The second-order valence-electron chi connectivity index (χ2n) is 4.26. The lowest BCUT2D eigenvalue weighted by Gasteiger charge is -2.20. The van der Waals surface area contributed by atoms with E-state index in [1.807, 2.05) is 33.8 Å². The van der Waals surface area contributed by atoms with Crippen LogP contribution in [0.25, 0.3) is 0 Å². The monoisotopic (exact) mass is 337 g/mol. The molecule has 0 bridgehead atoms. The second-order valence-corrected chi connectivity index (χ2v) is 5.82. The van der Waals surface area contributed by atoms with Crippen LogP contribution in [0, 0.1) is 6.92 Å². The van der Waals surface area contributed by atoms with Crippen LogP contribution in [-0.2, 0) is 4.74 Å². The van der Waals surface area contributed by atoms with Gasteiger partial charge in [-0.2, -0.15) is 0 Å². The van der Waals surface area contributed by atoms with Crippen molar-refractivity contribution < 1.29 is 9.53 Å². The van der Waals surface area contributed by atoms with Gasteiger partial charge in [0.1, 0.15) is 5.60 Å². The summed E-state index contributed by atoms with van der Waals surface area (Å²) in [6.07, 6.45) is -0.394. The summed E-state index contributed by atoms with van der Waals surface area (Å²) in [4.78, 5) is 11.8. The summed E-state index contributed by atoms with van der Waals surface area (Å²) in [6.45, 7) is 7.42. The number of hydrogen-bond donors (Lipinski definition) is 0. The average molecular weight is 339 g/mol. The van der Waals surface area contributed by atoms with Gasteiger partial charge in [0, 0.05) is 0 Å². The maximum absolute atomic E-state index is 11.8. The molecule has 0 aliphatic rings. The summed E-state index contributed by atoms with van der Waals surface area (Å²) in [7, 11) is 0. The lowest BCUT2D eigenvalue weighted by Crippen LogP contribution is -2.27. The van der Waals surface area contributed by atoms with Crippen LogP contribution in [0.15, 0.2) is 15.3 Å². The first kappa shape index (κ1) is 12.8. The third kappa shape index (κ3) is 3.08. The van der Waals surface area contributed by atoms with Crippen LogP contribution in [0.1, 0.15) is 26.3 Å². The Kier molecular flexibility index (Phi) is 3.66. The first-order valence-corrected chi connectivity index (χ1v) is 6.07. The molecule has 0 amide bonds. The van der Waals surface area contributed by atoms with E-state index < -0.39 is 11.7 Å². The lowest BCUT2D eigenvalue weighted by atomic mass is 10.2. The Balaban J connectivity index is 3.02. The molecular formula is C10H13Br2NO2. The maximum atomic E-state index is 11.8. The molecule has 1 heterocycles. The zero-order chi connectivity index (χ0) is 11.8. The van der Waals surface area contributed by atoms with Crippen LogP contribution in [0.2, 0.25) is 0 Å². The summed E-state index contributed by atoms with van der Waals surface area (Å²) in [5, 5.41) is 0. The number of aryl methyl sites for hydroxylation is 1. The topological polar surface area (TPSA) is 31.2 Å². The molecule has 0 N–H and O–H groups in total. The molecule has 0 radical (unpaired) electrons. The summed E-state index contributed by atoms with van der Waals surface area (Å²) in [5.41, 5.74) is 0.487. The minimum atomic E-state index is -0.492. The number of ether oxygens (including phenoxy) is 1. The van der Waals surface area contributed by atoms with Crippen molar-refractivity contribution in [2.75, 3.05) is 0 Å². The number of rotatable bonds is 0. The SMILES string of the molecule is Cc1cc(Br)n(C(=O)OC(C)(C)C)c1Br. The van der Waals surface area contributed by atoms with Crippen molar-refractivity contribution in [1.82, 2.24) is 4.57 Å². The van der Waals surface area contributed by atoms with E-state index in [2.05, 4.69) is 31.9 Å². The molecular weight excluding hydrogens is 326 g/mol. The zero-order valence-corrected chi connectivity index (χ0v) is 12.3. The normalized spacial score (nSPS) is 11.6. The quantitative estimate of drug-likeness (QED) is 0.713. The standard InChI is InChI=1S/C10H13Br2NO2/c1-6-5-7(11)13(8(6)12)9(14)15-10(2,3)4/h5H,1-4H3. The lowest BCUT2D eigenvalue weighted by molar-refractivity contribution is 0.0530. The third-order valence-electron chi connectivity index (χ3n) is 1.65. The van der Waals surface area contributed by atoms with Crippen molar-refractivity contribution in [2.45, 2.75) is 33.3 Å². The number of aromatic nitrogens is 1. The third-order valence-corrected chi connectivity index (χ3v) is 3.21. The molecule has 15 heavy (non-hydrogen) atoms. The molecule has 1 rings (SSSR count). The van der Waals surface area contributed by atoms with Gasteiger partial charge in [-0.15, -0.1) is 0 Å². The van der Waals surface area contributed by atoms with E-state index in [4.69, 9.17) is 4.74 Å². The van der Waals surface area contributed by atoms with Crippen LogP contribution in [0.5, 0.6) is 0 Å². The van der Waals surface area contributed by atoms with Gasteiger partial charge in [-0.1, -0.05) is 0 Å². The van der Waals surface area contributed by atoms with Crippen LogP contribution >= 0.6 is 31.9 Å². The Morgan fingerprint density at radius 3 is 2.27 bits per heavy atom. The smallest absolute Gasteiger partial charge is 0.420 e. The number of hydrogen-bond acceptors (Lipinski definition) is 2. The predicted molar refractivity (Wildman–Crippen MR) is 66.2 cm³/mol. The molecule has 0 aromatic carbocycles. The van der Waals surface area contributed by atoms with Crippen molar-refractivity contribution >= 4 is 38.0 Å². The zero-order valence-electron chi connectivity index (χ0n) is 9.10. The summed E-state index contributed by atoms with van der Waals surface area (Å²) < 4.78 is 8.10. The van der Waals surface area contributed by atoms with Gasteiger partial charge in [0.05, 0.1) is 9.21 Å². The average Bonchev–Trinajstić information content (AvgIpc) is 2.22. The number of halogens is 2. The van der Waals surface area contributed by atoms with Crippen molar-refractivity contribution in [3.8, 4) is 0 Å². The van der Waals surface area contributed by atoms with Gasteiger partial charge in [0.25, 0.3) is 0 Å². The molecule has 3 nitrogen and oxygen atoms in total. The molecule has 0 fully saturated rings. The first-order valence-electron chi connectivity index (χ1n) is 4.49. The molecule has 5 heteroatoms. The Labute approximate surface area is 106 Å². The van der Waals surface area contributed by atoms with Crippen molar-refractivity contribution in [3.05, 3.63) is 20.8 Å². The summed E-state index contributed by atoms with van der Waals surface area (Å²) in [6, 6.07) is 1.86. The van der Waals surface area contributed by atoms with Crippen LogP contribution in [0.4, 0.5) is 4.79 Å². The van der Waals surface area contributed by atoms with Gasteiger partial charge in [-0.05, 0) is 71.2 Å². The van der Waals surface area contributed by atoms with Gasteiger partial charge in [-0.25, -0.2) is 9.36 Å². The Morgan fingerprint density at radius 2 is 1.93 bits per heavy atom. The van der Waals surface area contributed by atoms with Crippen LogP contribution in [-0.4, -0.2) is 16.3 Å². The number of nitrogens with zero attached hydrogens (tertiary/aromatic N) is 1. The van der Waals surface area contributed by atoms with Crippen molar-refractivity contribution in [3.63, 3.8) is 0 Å². The Bertz CT molecular complexity index is 391. The highest BCUT2D eigenvalue weighted by atomic mass is 79.9. The maximum Gasteiger partial charge on any atom is 0.420 e. The van der Waals surface area contributed by atoms with E-state index in [-0.39, 0.29) is 0 Å². The van der Waals surface area contributed by atoms with E-state index in [1.165, 1.54) is 4.57 Å². The summed E-state index contributed by atoms with van der Waals surface area (Å²) >= 11 is 6.65. The molecule has 0 spiro atoms. The highest BCUT2D eigenvalue weighted by molar-refractivity contribution is 9.11. The Morgan fingerprint density at radius 1 is 1.40 bits per heavy atom. The van der Waals surface area contributed by atoms with E-state index in [0.717, 1.165) is 5.56 Å². The highest BCUT2D eigenvalue weighted by Gasteiger charge is 2.21. The minimum Gasteiger partial charge on any atom is -0.443 e. The van der Waals surface area contributed by atoms with E-state index in [9.17, 15) is 4.79 Å². The molecule has 0 aliphatic heterocycles. The van der Waals surface area contributed by atoms with Crippen LogP contribution < -0.4 is 0 Å². The predicted octanol–water partition coefficient (Wildman–Crippen LogP) is 4.10. The van der Waals surface area contributed by atoms with Crippen LogP contribution in [0.3, 0.4) is 0 Å². The van der Waals surface area contributed by atoms with Crippen molar-refractivity contribution in [2.24, 2.45) is 0 Å². The molecule has 0 aliphatic carbocycles. The first-order chi connectivity index (χ1) is 6.72. The number of carbonyl (C=O) groups excluding carboxylic acids is 1. The molecule has 0 saturated heterocycles. The molecule has 84 valence electrons. The minimum absolute atomic E-state index is 0.394. The molecule has 1 aromatic rings. The van der Waals surface area contributed by atoms with Gasteiger partial charge >= 0.3 is 6.09 Å². The second kappa shape index (κ2) is 4.29. The van der Waals surface area contributed by atoms with Gasteiger partial charge < -0.3 is 4.74 Å². The van der Waals surface area contributed by atoms with E-state index in [1.54, 1.807) is 0 Å². The van der Waals surface area contributed by atoms with Gasteiger partial charge in [0.15, 0.2) is 0 Å². The van der Waals surface area contributed by atoms with E-state index >= 15 is 0 Å². The molecule has 0 atom stereocenters. The van der Waals surface area contributed by atoms with Gasteiger partial charge in [0.2, 0.25) is 0 Å². The fourth-order valence-corrected chi connectivity index (χ4v) is 2.40. The molecule has 0 unspecified atom stereocenters. The summed E-state index contributed by atoms with van der Waals surface area (Å²) in [5.74, 6) is 0. The molecule has 0 saturated carbocycles. The van der Waals surface area contributed by atoms with Gasteiger partial charge in [-0.3, -0.25) is 0 Å². The fraction of sp³-hybridized carbons (Fsp3) is 0.500. The largest absolute Gasteiger partial charge is 0.443 e. The highest BCUT2D eigenvalue weighted by Crippen LogP contribution is 2.26. The fourth-order valence-electron chi connectivity index (χ4n) is 1.05. The molecule has 1 aromatic heterocycles.